The van der Waals surface area contributed by atoms with Crippen LogP contribution in [0.2, 0.25) is 0 Å². The molecule has 1 aromatic heterocycles. The molecule has 2 rings (SSSR count). The molecule has 25 heavy (non-hydrogen) atoms. The fourth-order valence-electron chi connectivity index (χ4n) is 2.36. The Kier molecular flexibility index (Phi) is 6.79. The van der Waals surface area contributed by atoms with Gasteiger partial charge in [-0.05, 0) is 30.4 Å². The molecule has 1 aromatic carbocycles. The molecule has 138 valence electrons. The van der Waals surface area contributed by atoms with Crippen LogP contribution in [-0.2, 0) is 19.9 Å². The Balaban J connectivity index is 2.32. The van der Waals surface area contributed by atoms with Gasteiger partial charge in [-0.15, -0.1) is 11.3 Å². The lowest BCUT2D eigenvalue weighted by Crippen LogP contribution is -2.33. The van der Waals surface area contributed by atoms with Gasteiger partial charge in [0, 0.05) is 6.54 Å². The molecule has 0 bridgehead atoms. The van der Waals surface area contributed by atoms with Gasteiger partial charge in [0.2, 0.25) is 10.0 Å². The number of rotatable bonds is 9. The van der Waals surface area contributed by atoms with Gasteiger partial charge in [0.05, 0.1) is 5.75 Å². The van der Waals surface area contributed by atoms with Crippen LogP contribution in [0.3, 0.4) is 0 Å². The van der Waals surface area contributed by atoms with Crippen molar-refractivity contribution in [2.75, 3.05) is 12.3 Å². The predicted octanol–water partition coefficient (Wildman–Crippen LogP) is 3.29. The van der Waals surface area contributed by atoms with Crippen molar-refractivity contribution in [2.45, 2.75) is 36.1 Å². The molecule has 0 saturated carbocycles. The highest BCUT2D eigenvalue weighted by Crippen LogP contribution is 2.31. The second-order valence-electron chi connectivity index (χ2n) is 5.90. The quantitative estimate of drug-likeness (QED) is 0.699. The van der Waals surface area contributed by atoms with Crippen LogP contribution in [0.1, 0.15) is 36.1 Å². The van der Waals surface area contributed by atoms with Crippen molar-refractivity contribution in [3.05, 3.63) is 52.9 Å². The van der Waals surface area contributed by atoms with Gasteiger partial charge in [-0.25, -0.2) is 21.6 Å². The van der Waals surface area contributed by atoms with Gasteiger partial charge in [-0.1, -0.05) is 49.2 Å². The molecule has 0 fully saturated rings. The molecular weight excluding hydrogens is 378 g/mol. The van der Waals surface area contributed by atoms with E-state index in [1.54, 1.807) is 29.6 Å². The Morgan fingerprint density at radius 2 is 1.76 bits per heavy atom. The van der Waals surface area contributed by atoms with E-state index in [0.717, 1.165) is 23.3 Å². The van der Waals surface area contributed by atoms with Crippen molar-refractivity contribution in [1.29, 1.82) is 0 Å². The Morgan fingerprint density at radius 1 is 1.08 bits per heavy atom. The number of benzene rings is 1. The third kappa shape index (κ3) is 5.37. The molecule has 8 heteroatoms. The summed E-state index contributed by atoms with van der Waals surface area (Å²) in [5.74, 6) is 0.00314. The molecule has 1 heterocycles. The molecule has 0 radical (unpaired) electrons. The summed E-state index contributed by atoms with van der Waals surface area (Å²) in [5, 5.41) is 0.743. The van der Waals surface area contributed by atoms with E-state index in [0.29, 0.717) is 12.0 Å². The van der Waals surface area contributed by atoms with Gasteiger partial charge in [0.25, 0.3) is 0 Å². The molecule has 1 atom stereocenters. The molecule has 0 aliphatic heterocycles. The predicted molar refractivity (Wildman–Crippen MR) is 102 cm³/mol. The van der Waals surface area contributed by atoms with Crippen molar-refractivity contribution in [3.63, 3.8) is 0 Å². The van der Waals surface area contributed by atoms with Gasteiger partial charge >= 0.3 is 0 Å². The lowest BCUT2D eigenvalue weighted by atomic mass is 10.1. The van der Waals surface area contributed by atoms with Crippen molar-refractivity contribution in [1.82, 2.24) is 4.72 Å². The van der Waals surface area contributed by atoms with Gasteiger partial charge in [-0.2, -0.15) is 0 Å². The molecule has 0 amide bonds. The minimum Gasteiger partial charge on any atom is -0.222 e. The fourth-order valence-corrected chi connectivity index (χ4v) is 6.57. The molecule has 5 nitrogen and oxygen atoms in total. The van der Waals surface area contributed by atoms with E-state index in [4.69, 9.17) is 0 Å². The Bertz CT molecular complexity index is 870. The van der Waals surface area contributed by atoms with Gasteiger partial charge in [-0.3, -0.25) is 0 Å². The Hall–Kier alpha value is -1.22. The topological polar surface area (TPSA) is 80.3 Å². The SMILES string of the molecule is CCCCS(=O)(=O)NC[C@@H](c1ccc(C)cc1)S(=O)(=O)c1cccs1. The maximum Gasteiger partial charge on any atom is 0.211 e. The maximum absolute atomic E-state index is 13.0. The molecule has 0 unspecified atom stereocenters. The average Bonchev–Trinajstić information content (AvgIpc) is 3.10. The zero-order valence-corrected chi connectivity index (χ0v) is 16.8. The fraction of sp³-hybridized carbons (Fsp3) is 0.412. The molecule has 0 spiro atoms. The first-order chi connectivity index (χ1) is 11.8. The molecule has 0 aliphatic carbocycles. The lowest BCUT2D eigenvalue weighted by Gasteiger charge is -2.18. The summed E-state index contributed by atoms with van der Waals surface area (Å²) in [6, 6.07) is 10.4. The van der Waals surface area contributed by atoms with E-state index >= 15 is 0 Å². The van der Waals surface area contributed by atoms with Crippen molar-refractivity contribution in [2.24, 2.45) is 0 Å². The van der Waals surface area contributed by atoms with Gasteiger partial charge in [0.1, 0.15) is 9.46 Å². The van der Waals surface area contributed by atoms with E-state index in [9.17, 15) is 16.8 Å². The lowest BCUT2D eigenvalue weighted by molar-refractivity contribution is 0.568. The van der Waals surface area contributed by atoms with Crippen LogP contribution in [0.5, 0.6) is 0 Å². The third-order valence-corrected chi connectivity index (χ3v) is 8.82. The van der Waals surface area contributed by atoms with Crippen LogP contribution in [-0.4, -0.2) is 29.1 Å². The molecule has 1 N–H and O–H groups in total. The van der Waals surface area contributed by atoms with E-state index in [-0.39, 0.29) is 16.5 Å². The largest absolute Gasteiger partial charge is 0.222 e. The molecule has 0 aliphatic rings. The summed E-state index contributed by atoms with van der Waals surface area (Å²) in [6.07, 6.45) is 1.30. The zero-order valence-electron chi connectivity index (χ0n) is 14.3. The van der Waals surface area contributed by atoms with E-state index < -0.39 is 25.1 Å². The second kappa shape index (κ2) is 8.44. The third-order valence-electron chi connectivity index (χ3n) is 3.85. The highest BCUT2D eigenvalue weighted by atomic mass is 32.2. The monoisotopic (exact) mass is 401 g/mol. The first kappa shape index (κ1) is 20.1. The molecular formula is C17H23NO4S3. The highest BCUT2D eigenvalue weighted by Gasteiger charge is 2.31. The first-order valence-electron chi connectivity index (χ1n) is 8.07. The van der Waals surface area contributed by atoms with E-state index in [1.807, 2.05) is 26.0 Å². The van der Waals surface area contributed by atoms with E-state index in [2.05, 4.69) is 4.72 Å². The smallest absolute Gasteiger partial charge is 0.211 e. The first-order valence-corrected chi connectivity index (χ1v) is 12.2. The van der Waals surface area contributed by atoms with Crippen molar-refractivity contribution < 1.29 is 16.8 Å². The van der Waals surface area contributed by atoms with Crippen molar-refractivity contribution >= 4 is 31.2 Å². The van der Waals surface area contributed by atoms with Crippen LogP contribution in [0.15, 0.2) is 46.0 Å². The minimum absolute atomic E-state index is 0.00314. The molecule has 0 saturated heterocycles. The highest BCUT2D eigenvalue weighted by molar-refractivity contribution is 7.93. The number of nitrogens with one attached hydrogen (secondary N) is 1. The Morgan fingerprint density at radius 3 is 2.32 bits per heavy atom. The summed E-state index contributed by atoms with van der Waals surface area (Å²) >= 11 is 1.14. The summed E-state index contributed by atoms with van der Waals surface area (Å²) in [7, 11) is -7.17. The van der Waals surface area contributed by atoms with Gasteiger partial charge in [0.15, 0.2) is 9.84 Å². The van der Waals surface area contributed by atoms with Crippen molar-refractivity contribution in [3.8, 4) is 0 Å². The number of hydrogen-bond donors (Lipinski definition) is 1. The summed E-state index contributed by atoms with van der Waals surface area (Å²) < 4.78 is 52.9. The van der Waals surface area contributed by atoms with Gasteiger partial charge < -0.3 is 0 Å². The summed E-state index contributed by atoms with van der Waals surface area (Å²) in [4.78, 5) is 0. The number of hydrogen-bond acceptors (Lipinski definition) is 5. The number of sulfonamides is 1. The average molecular weight is 402 g/mol. The number of thiophene rings is 1. The number of sulfone groups is 1. The number of aryl methyl sites for hydroxylation is 1. The number of unbranched alkanes of at least 4 members (excludes halogenated alkanes) is 1. The standard InChI is InChI=1S/C17H23NO4S3/c1-3-4-12-24(19,20)18-13-16(15-9-7-14(2)8-10-15)25(21,22)17-6-5-11-23-17/h5-11,16,18H,3-4,12-13H2,1-2H3/t16-/m0/s1. The molecule has 2 aromatic rings. The second-order valence-corrected chi connectivity index (χ2v) is 11.1. The van der Waals surface area contributed by atoms with Crippen LogP contribution in [0, 0.1) is 6.92 Å². The van der Waals surface area contributed by atoms with Crippen LogP contribution < -0.4 is 4.72 Å². The summed E-state index contributed by atoms with van der Waals surface area (Å²) in [6.45, 7) is 3.65. The normalized spacial score (nSPS) is 13.7. The minimum atomic E-state index is -3.67. The zero-order chi connectivity index (χ0) is 18.5. The van der Waals surface area contributed by atoms with Crippen LogP contribution >= 0.6 is 11.3 Å². The Labute approximate surface area is 154 Å². The maximum atomic E-state index is 13.0. The summed E-state index contributed by atoms with van der Waals surface area (Å²) in [5.41, 5.74) is 1.59. The van der Waals surface area contributed by atoms with E-state index in [1.165, 1.54) is 0 Å². The van der Waals surface area contributed by atoms with Crippen LogP contribution in [0.4, 0.5) is 0 Å². The van der Waals surface area contributed by atoms with Crippen LogP contribution in [0.25, 0.3) is 0 Å².